The van der Waals surface area contributed by atoms with E-state index in [9.17, 15) is 4.79 Å². The maximum Gasteiger partial charge on any atom is 0.157 e. The summed E-state index contributed by atoms with van der Waals surface area (Å²) in [5.74, 6) is 1.60. The average Bonchev–Trinajstić information content (AvgIpc) is 2.72. The largest absolute Gasteiger partial charge is 0.463 e. The van der Waals surface area contributed by atoms with Crippen molar-refractivity contribution in [3.05, 3.63) is 24.2 Å². The third-order valence-corrected chi connectivity index (χ3v) is 3.58. The van der Waals surface area contributed by atoms with E-state index in [1.807, 2.05) is 19.1 Å². The van der Waals surface area contributed by atoms with E-state index in [0.29, 0.717) is 18.2 Å². The second-order valence-electron chi connectivity index (χ2n) is 4.46. The van der Waals surface area contributed by atoms with Gasteiger partial charge in [0.05, 0.1) is 31.2 Å². The second kappa shape index (κ2) is 4.19. The first-order chi connectivity index (χ1) is 7.18. The summed E-state index contributed by atoms with van der Waals surface area (Å²) in [4.78, 5) is 13.0. The number of likely N-dealkylation sites (tertiary alicyclic amines) is 1. The minimum absolute atomic E-state index is 0.184. The zero-order valence-electron chi connectivity index (χ0n) is 9.32. The molecule has 1 fully saturated rings. The molecule has 0 bridgehead atoms. The first-order valence-corrected chi connectivity index (χ1v) is 5.58. The highest BCUT2D eigenvalue weighted by Gasteiger charge is 2.34. The molecule has 2 heterocycles. The highest BCUT2D eigenvalue weighted by atomic mass is 16.3. The Bertz CT molecular complexity index is 331. The first-order valence-electron chi connectivity index (χ1n) is 5.58. The van der Waals surface area contributed by atoms with Crippen molar-refractivity contribution in [2.45, 2.75) is 32.9 Å². The fourth-order valence-electron chi connectivity index (χ4n) is 2.26. The van der Waals surface area contributed by atoms with Gasteiger partial charge in [0.2, 0.25) is 0 Å². The highest BCUT2D eigenvalue weighted by Crippen LogP contribution is 2.09. The summed E-state index contributed by atoms with van der Waals surface area (Å²) in [5.41, 5.74) is 0. The summed E-state index contributed by atoms with van der Waals surface area (Å²) in [7, 11) is 0. The molecule has 0 saturated carbocycles. The number of hydrogen-bond acceptors (Lipinski definition) is 2. The minimum atomic E-state index is 0.184. The van der Waals surface area contributed by atoms with Gasteiger partial charge in [-0.25, -0.2) is 0 Å². The van der Waals surface area contributed by atoms with Crippen molar-refractivity contribution < 1.29 is 14.1 Å². The molecule has 0 amide bonds. The lowest BCUT2D eigenvalue weighted by molar-refractivity contribution is -0.942. The van der Waals surface area contributed by atoms with Gasteiger partial charge in [0.1, 0.15) is 12.3 Å². The summed E-state index contributed by atoms with van der Waals surface area (Å²) in [5, 5.41) is 0. The average molecular weight is 208 g/mol. The van der Waals surface area contributed by atoms with Crippen molar-refractivity contribution in [1.82, 2.24) is 0 Å². The number of quaternary nitrogens is 1. The third-order valence-electron chi connectivity index (χ3n) is 3.58. The maximum atomic E-state index is 11.5. The van der Waals surface area contributed by atoms with Crippen LogP contribution in [0.4, 0.5) is 0 Å². The number of carbonyl (C=O) groups is 1. The van der Waals surface area contributed by atoms with Gasteiger partial charge in [-0.3, -0.25) is 4.79 Å². The molecule has 0 radical (unpaired) electrons. The van der Waals surface area contributed by atoms with Crippen LogP contribution in [0.1, 0.15) is 26.0 Å². The standard InChI is InChI=1S/C12H17NO2/c1-9-10(2)13(6-5-12(9)14)8-11-4-3-7-15-11/h3-4,7,9-10H,5-6,8H2,1-2H3/p+1/t9-,10-/m0/s1. The molecule has 1 aromatic rings. The van der Waals surface area contributed by atoms with Crippen molar-refractivity contribution in [3.8, 4) is 0 Å². The van der Waals surface area contributed by atoms with Gasteiger partial charge in [0.15, 0.2) is 5.76 Å². The molecule has 0 aliphatic carbocycles. The molecule has 3 heteroatoms. The summed E-state index contributed by atoms with van der Waals surface area (Å²) < 4.78 is 5.34. The van der Waals surface area contributed by atoms with E-state index in [1.54, 1.807) is 6.26 Å². The topological polar surface area (TPSA) is 34.7 Å². The lowest BCUT2D eigenvalue weighted by atomic mass is 9.91. The maximum absolute atomic E-state index is 11.5. The number of nitrogens with one attached hydrogen (secondary N) is 1. The normalized spacial score (nSPS) is 31.9. The highest BCUT2D eigenvalue weighted by molar-refractivity contribution is 5.81. The number of rotatable bonds is 2. The molecule has 3 atom stereocenters. The van der Waals surface area contributed by atoms with Crippen LogP contribution in [0.25, 0.3) is 0 Å². The number of ketones is 1. The van der Waals surface area contributed by atoms with Crippen LogP contribution in [0.5, 0.6) is 0 Å². The molecule has 1 aliphatic heterocycles. The lowest BCUT2D eigenvalue weighted by Crippen LogP contribution is -3.16. The second-order valence-corrected chi connectivity index (χ2v) is 4.46. The van der Waals surface area contributed by atoms with Gasteiger partial charge in [-0.15, -0.1) is 0 Å². The molecule has 1 saturated heterocycles. The Balaban J connectivity index is 2.01. The number of furan rings is 1. The quantitative estimate of drug-likeness (QED) is 0.775. The third kappa shape index (κ3) is 2.12. The molecule has 1 unspecified atom stereocenters. The Morgan fingerprint density at radius 1 is 1.53 bits per heavy atom. The summed E-state index contributed by atoms with van der Waals surface area (Å²) in [6, 6.07) is 4.31. The van der Waals surface area contributed by atoms with E-state index in [-0.39, 0.29) is 5.92 Å². The molecule has 82 valence electrons. The summed E-state index contributed by atoms with van der Waals surface area (Å²) >= 11 is 0. The van der Waals surface area contributed by atoms with E-state index in [1.165, 1.54) is 4.90 Å². The van der Waals surface area contributed by atoms with E-state index in [2.05, 4.69) is 6.92 Å². The first kappa shape index (κ1) is 10.4. The summed E-state index contributed by atoms with van der Waals surface area (Å²) in [6.45, 7) is 6.02. The van der Waals surface area contributed by atoms with E-state index < -0.39 is 0 Å². The smallest absolute Gasteiger partial charge is 0.157 e. The lowest BCUT2D eigenvalue weighted by Gasteiger charge is -2.33. The fourth-order valence-corrected chi connectivity index (χ4v) is 2.26. The zero-order valence-corrected chi connectivity index (χ0v) is 9.32. The van der Waals surface area contributed by atoms with Gasteiger partial charge in [-0.05, 0) is 26.0 Å². The monoisotopic (exact) mass is 208 g/mol. The van der Waals surface area contributed by atoms with Crippen LogP contribution < -0.4 is 4.90 Å². The number of piperidine rings is 1. The molecule has 1 aromatic heterocycles. The molecular formula is C12H18NO2+. The molecule has 1 aliphatic rings. The predicted octanol–water partition coefficient (Wildman–Crippen LogP) is 0.662. The summed E-state index contributed by atoms with van der Waals surface area (Å²) in [6.07, 6.45) is 2.42. The van der Waals surface area contributed by atoms with Gasteiger partial charge in [0.25, 0.3) is 0 Å². The van der Waals surface area contributed by atoms with Gasteiger partial charge in [-0.2, -0.15) is 0 Å². The number of carbonyl (C=O) groups excluding carboxylic acids is 1. The van der Waals surface area contributed by atoms with E-state index in [4.69, 9.17) is 4.42 Å². The molecule has 0 aromatic carbocycles. The fraction of sp³-hybridized carbons (Fsp3) is 0.583. The SMILES string of the molecule is C[C@@H]1C(=O)CC[NH+](Cc2ccco2)[C@H]1C. The van der Waals surface area contributed by atoms with Crippen molar-refractivity contribution in [3.63, 3.8) is 0 Å². The Hall–Kier alpha value is -1.09. The number of hydrogen-bond donors (Lipinski definition) is 1. The molecule has 3 nitrogen and oxygen atoms in total. The van der Waals surface area contributed by atoms with Crippen LogP contribution in [0.3, 0.4) is 0 Å². The predicted molar refractivity (Wildman–Crippen MR) is 56.5 cm³/mol. The van der Waals surface area contributed by atoms with Crippen LogP contribution in [0, 0.1) is 5.92 Å². The van der Waals surface area contributed by atoms with Crippen molar-refractivity contribution in [1.29, 1.82) is 0 Å². The van der Waals surface area contributed by atoms with Crippen LogP contribution in [-0.4, -0.2) is 18.4 Å². The molecule has 2 rings (SSSR count). The van der Waals surface area contributed by atoms with Gasteiger partial charge < -0.3 is 9.32 Å². The van der Waals surface area contributed by atoms with Gasteiger partial charge in [-0.1, -0.05) is 0 Å². The van der Waals surface area contributed by atoms with Gasteiger partial charge in [0, 0.05) is 0 Å². The van der Waals surface area contributed by atoms with E-state index in [0.717, 1.165) is 18.8 Å². The van der Waals surface area contributed by atoms with E-state index >= 15 is 0 Å². The molecule has 1 N–H and O–H groups in total. The van der Waals surface area contributed by atoms with Gasteiger partial charge >= 0.3 is 0 Å². The minimum Gasteiger partial charge on any atom is -0.463 e. The van der Waals surface area contributed by atoms with Crippen LogP contribution in [-0.2, 0) is 11.3 Å². The molecule has 15 heavy (non-hydrogen) atoms. The Morgan fingerprint density at radius 2 is 2.33 bits per heavy atom. The number of Topliss-reactive ketones (excluding diaryl/α,β-unsaturated/α-hetero) is 1. The Labute approximate surface area is 90.1 Å². The Kier molecular flexibility index (Phi) is 2.91. The zero-order chi connectivity index (χ0) is 10.8. The Morgan fingerprint density at radius 3 is 3.00 bits per heavy atom. The van der Waals surface area contributed by atoms with Crippen molar-refractivity contribution in [2.24, 2.45) is 5.92 Å². The van der Waals surface area contributed by atoms with Crippen molar-refractivity contribution in [2.75, 3.05) is 6.54 Å². The van der Waals surface area contributed by atoms with Crippen LogP contribution in [0.2, 0.25) is 0 Å². The van der Waals surface area contributed by atoms with Crippen LogP contribution in [0.15, 0.2) is 22.8 Å². The van der Waals surface area contributed by atoms with Crippen LogP contribution >= 0.6 is 0 Å². The molecule has 0 spiro atoms. The van der Waals surface area contributed by atoms with Crippen molar-refractivity contribution >= 4 is 5.78 Å². The molecular weight excluding hydrogens is 190 g/mol.